The van der Waals surface area contributed by atoms with Crippen molar-refractivity contribution in [3.05, 3.63) is 105 Å². The van der Waals surface area contributed by atoms with E-state index in [1.807, 2.05) is 72.1 Å². The van der Waals surface area contributed by atoms with Crippen LogP contribution in [0.4, 0.5) is 5.95 Å². The van der Waals surface area contributed by atoms with Crippen LogP contribution in [0, 0.1) is 0 Å². The molecule has 0 spiro atoms. The zero-order valence-corrected chi connectivity index (χ0v) is 19.6. The Morgan fingerprint density at radius 3 is 2.27 bits per heavy atom. The molecular weight excluding hydrogens is 475 g/mol. The second-order valence-corrected chi connectivity index (χ2v) is 9.18. The van der Waals surface area contributed by atoms with Crippen molar-refractivity contribution in [2.75, 3.05) is 5.32 Å². The van der Waals surface area contributed by atoms with Crippen LogP contribution in [0.5, 0.6) is 0 Å². The molecule has 0 bridgehead atoms. The van der Waals surface area contributed by atoms with E-state index in [-0.39, 0.29) is 24.2 Å². The summed E-state index contributed by atoms with van der Waals surface area (Å²) in [4.78, 5) is 18.1. The van der Waals surface area contributed by atoms with E-state index in [1.165, 1.54) is 11.3 Å². The summed E-state index contributed by atoms with van der Waals surface area (Å²) in [5.41, 5.74) is 3.74. The van der Waals surface area contributed by atoms with Crippen LogP contribution in [0.15, 0.2) is 84.2 Å². The van der Waals surface area contributed by atoms with Crippen molar-refractivity contribution >= 4 is 51.4 Å². The summed E-state index contributed by atoms with van der Waals surface area (Å²) in [6, 6.07) is 25.3. The van der Waals surface area contributed by atoms with Gasteiger partial charge in [-0.15, -0.1) is 16.4 Å². The number of carbonyl (C=O) groups is 1. The molecule has 33 heavy (non-hydrogen) atoms. The van der Waals surface area contributed by atoms with Crippen LogP contribution in [0.1, 0.15) is 23.5 Å². The number of aromatic nitrogens is 3. The van der Waals surface area contributed by atoms with Crippen molar-refractivity contribution in [1.82, 2.24) is 14.6 Å². The smallest absolute Gasteiger partial charge is 0.250 e. The number of hydrogen-bond donors (Lipinski definition) is 1. The third-order valence-corrected chi connectivity index (χ3v) is 6.70. The fraction of sp³-hybridized carbons (Fsp3) is 0.0800. The Balaban J connectivity index is 1.39. The quantitative estimate of drug-likeness (QED) is 0.279. The van der Waals surface area contributed by atoms with Gasteiger partial charge < -0.3 is 0 Å². The van der Waals surface area contributed by atoms with Crippen molar-refractivity contribution in [3.8, 4) is 11.3 Å². The number of amides is 1. The van der Waals surface area contributed by atoms with E-state index in [1.54, 1.807) is 16.6 Å². The number of nitrogens with zero attached hydrogens (tertiary/aromatic N) is 3. The number of hydrogen-bond acceptors (Lipinski definition) is 4. The molecule has 0 saturated heterocycles. The molecule has 164 valence electrons. The van der Waals surface area contributed by atoms with Gasteiger partial charge in [-0.1, -0.05) is 83.9 Å². The third kappa shape index (κ3) is 4.64. The zero-order valence-electron chi connectivity index (χ0n) is 17.3. The molecule has 3 aromatic carbocycles. The lowest BCUT2D eigenvalue weighted by molar-refractivity contribution is -0.116. The predicted octanol–water partition coefficient (Wildman–Crippen LogP) is 6.93. The van der Waals surface area contributed by atoms with Crippen LogP contribution in [-0.2, 0) is 4.79 Å². The normalized spacial score (nSPS) is 11.2. The number of carbonyl (C=O) groups excluding carboxylic acids is 1. The van der Waals surface area contributed by atoms with E-state index in [0.717, 1.165) is 22.4 Å². The van der Waals surface area contributed by atoms with Gasteiger partial charge in [-0.2, -0.15) is 4.98 Å². The first-order chi connectivity index (χ1) is 16.1. The van der Waals surface area contributed by atoms with E-state index < -0.39 is 0 Å². The van der Waals surface area contributed by atoms with Crippen molar-refractivity contribution in [2.24, 2.45) is 0 Å². The van der Waals surface area contributed by atoms with Gasteiger partial charge in [0.15, 0.2) is 0 Å². The molecule has 5 aromatic rings. The largest absolute Gasteiger partial charge is 0.293 e. The SMILES string of the molecule is O=C(CC(c1ccccc1)c1ccccc1)Nc1nc2scc(-c3ccc(Cl)cc3Cl)n2n1. The number of anilines is 1. The lowest BCUT2D eigenvalue weighted by Crippen LogP contribution is -2.17. The standard InChI is InChI=1S/C25H18Cl2N4OS/c26-18-11-12-19(21(27)13-18)22-15-33-25-29-24(30-31(22)25)28-23(32)14-20(16-7-3-1-4-8-16)17-9-5-2-6-10-17/h1-13,15,20H,14H2,(H,28,30,32). The van der Waals surface area contributed by atoms with Gasteiger partial charge in [-0.3, -0.25) is 10.1 Å². The average molecular weight is 493 g/mol. The Hall–Kier alpha value is -3.19. The lowest BCUT2D eigenvalue weighted by atomic mass is 9.88. The number of nitrogens with one attached hydrogen (secondary N) is 1. The Morgan fingerprint density at radius 1 is 0.970 bits per heavy atom. The van der Waals surface area contributed by atoms with E-state index in [9.17, 15) is 4.79 Å². The van der Waals surface area contributed by atoms with Gasteiger partial charge in [0.2, 0.25) is 16.8 Å². The highest BCUT2D eigenvalue weighted by Crippen LogP contribution is 2.33. The molecule has 8 heteroatoms. The van der Waals surface area contributed by atoms with Crippen molar-refractivity contribution in [3.63, 3.8) is 0 Å². The van der Waals surface area contributed by atoms with E-state index >= 15 is 0 Å². The van der Waals surface area contributed by atoms with Crippen LogP contribution in [0.2, 0.25) is 10.0 Å². The molecule has 0 radical (unpaired) electrons. The molecule has 0 atom stereocenters. The highest BCUT2D eigenvalue weighted by molar-refractivity contribution is 7.15. The number of halogens is 2. The van der Waals surface area contributed by atoms with E-state index in [2.05, 4.69) is 15.4 Å². The number of rotatable bonds is 6. The van der Waals surface area contributed by atoms with Crippen LogP contribution in [-0.4, -0.2) is 20.5 Å². The van der Waals surface area contributed by atoms with Crippen molar-refractivity contribution < 1.29 is 4.79 Å². The topological polar surface area (TPSA) is 59.3 Å². The van der Waals surface area contributed by atoms with Crippen molar-refractivity contribution in [1.29, 1.82) is 0 Å². The van der Waals surface area contributed by atoms with Crippen LogP contribution in [0.25, 0.3) is 16.2 Å². The van der Waals surface area contributed by atoms with Gasteiger partial charge in [-0.05, 0) is 29.3 Å². The molecular formula is C25H18Cl2N4OS. The molecule has 1 amide bonds. The fourth-order valence-corrected chi connectivity index (χ4v) is 5.10. The summed E-state index contributed by atoms with van der Waals surface area (Å²) in [6.45, 7) is 0. The highest BCUT2D eigenvalue weighted by atomic mass is 35.5. The Morgan fingerprint density at radius 2 is 1.64 bits per heavy atom. The van der Waals surface area contributed by atoms with Crippen molar-refractivity contribution in [2.45, 2.75) is 12.3 Å². The molecule has 1 N–H and O–H groups in total. The molecule has 0 aliphatic heterocycles. The van der Waals surface area contributed by atoms with Gasteiger partial charge in [0.05, 0.1) is 10.7 Å². The molecule has 2 aromatic heterocycles. The van der Waals surface area contributed by atoms with Crippen LogP contribution < -0.4 is 5.32 Å². The summed E-state index contributed by atoms with van der Waals surface area (Å²) in [7, 11) is 0. The molecule has 0 unspecified atom stereocenters. The lowest BCUT2D eigenvalue weighted by Gasteiger charge is -2.17. The molecule has 5 nitrogen and oxygen atoms in total. The minimum Gasteiger partial charge on any atom is -0.293 e. The highest BCUT2D eigenvalue weighted by Gasteiger charge is 2.20. The minimum atomic E-state index is -0.156. The monoisotopic (exact) mass is 492 g/mol. The Bertz CT molecular complexity index is 1380. The molecule has 0 saturated carbocycles. The Kier molecular flexibility index (Phi) is 6.13. The fourth-order valence-electron chi connectivity index (χ4n) is 3.78. The minimum absolute atomic E-state index is 0.0698. The summed E-state index contributed by atoms with van der Waals surface area (Å²) in [5, 5.41) is 10.4. The molecule has 0 aliphatic rings. The van der Waals surface area contributed by atoms with E-state index in [0.29, 0.717) is 15.0 Å². The summed E-state index contributed by atoms with van der Waals surface area (Å²) >= 11 is 13.8. The summed E-state index contributed by atoms with van der Waals surface area (Å²) < 4.78 is 1.68. The summed E-state index contributed by atoms with van der Waals surface area (Å²) in [5.74, 6) is 0.0367. The average Bonchev–Trinajstić information content (AvgIpc) is 3.39. The maximum Gasteiger partial charge on any atom is 0.250 e. The van der Waals surface area contributed by atoms with Gasteiger partial charge in [0.25, 0.3) is 0 Å². The molecule has 0 aliphatic carbocycles. The Labute approximate surface area is 204 Å². The van der Waals surface area contributed by atoms with Gasteiger partial charge >= 0.3 is 0 Å². The predicted molar refractivity (Wildman–Crippen MR) is 134 cm³/mol. The van der Waals surface area contributed by atoms with Crippen LogP contribution >= 0.6 is 34.5 Å². The molecule has 5 rings (SSSR count). The molecule has 2 heterocycles. The van der Waals surface area contributed by atoms with Crippen LogP contribution in [0.3, 0.4) is 0 Å². The third-order valence-electron chi connectivity index (χ3n) is 5.33. The number of thiazole rings is 1. The number of fused-ring (bicyclic) bond motifs is 1. The first-order valence-corrected chi connectivity index (χ1v) is 11.9. The van der Waals surface area contributed by atoms with E-state index in [4.69, 9.17) is 23.2 Å². The first-order valence-electron chi connectivity index (χ1n) is 10.3. The zero-order chi connectivity index (χ0) is 22.8. The van der Waals surface area contributed by atoms with Gasteiger partial charge in [0, 0.05) is 28.3 Å². The summed E-state index contributed by atoms with van der Waals surface area (Å²) in [6.07, 6.45) is 0.275. The number of benzene rings is 3. The first kappa shape index (κ1) is 21.6. The molecule has 0 fully saturated rings. The van der Waals surface area contributed by atoms with Gasteiger partial charge in [-0.25, -0.2) is 4.52 Å². The second-order valence-electron chi connectivity index (χ2n) is 7.50. The van der Waals surface area contributed by atoms with Gasteiger partial charge in [0.1, 0.15) is 0 Å². The maximum absolute atomic E-state index is 13.0. The maximum atomic E-state index is 13.0. The second kappa shape index (κ2) is 9.35.